The lowest BCUT2D eigenvalue weighted by Crippen LogP contribution is -2.49. The molecule has 0 amide bonds. The van der Waals surface area contributed by atoms with Crippen molar-refractivity contribution in [3.63, 3.8) is 0 Å². The molecule has 1 unspecified atom stereocenters. The molecule has 0 bridgehead atoms. The van der Waals surface area contributed by atoms with E-state index in [9.17, 15) is 4.39 Å². The van der Waals surface area contributed by atoms with Crippen LogP contribution >= 0.6 is 0 Å². The van der Waals surface area contributed by atoms with E-state index in [-0.39, 0.29) is 17.5 Å². The fourth-order valence-corrected chi connectivity index (χ4v) is 3.16. The molecule has 1 atom stereocenters. The molecule has 1 aromatic rings. The largest absolute Gasteiger partial charge is 0.381 e. The number of halogens is 1. The van der Waals surface area contributed by atoms with E-state index in [0.29, 0.717) is 13.2 Å². The third-order valence-electron chi connectivity index (χ3n) is 4.41. The molecule has 0 aromatic heterocycles. The number of aryl methyl sites for hydroxylation is 1. The van der Waals surface area contributed by atoms with Crippen molar-refractivity contribution in [1.82, 2.24) is 5.32 Å². The van der Waals surface area contributed by atoms with Crippen LogP contribution in [0, 0.1) is 12.7 Å². The van der Waals surface area contributed by atoms with Crippen molar-refractivity contribution in [1.29, 1.82) is 0 Å². The highest BCUT2D eigenvalue weighted by molar-refractivity contribution is 5.32. The summed E-state index contributed by atoms with van der Waals surface area (Å²) in [5.74, 6) is -0.191. The minimum absolute atomic E-state index is 0.0620. The highest BCUT2D eigenvalue weighted by atomic mass is 19.1. The minimum Gasteiger partial charge on any atom is -0.381 e. The summed E-state index contributed by atoms with van der Waals surface area (Å²) >= 11 is 0. The molecule has 2 rings (SSSR count). The molecule has 1 fully saturated rings. The average molecular weight is 295 g/mol. The van der Waals surface area contributed by atoms with Gasteiger partial charge in [0.2, 0.25) is 0 Å². The van der Waals surface area contributed by atoms with Crippen molar-refractivity contribution in [2.45, 2.75) is 44.8 Å². The summed E-state index contributed by atoms with van der Waals surface area (Å²) in [7, 11) is 1.77. The molecule has 1 N–H and O–H groups in total. The summed E-state index contributed by atoms with van der Waals surface area (Å²) in [6.45, 7) is 6.43. The monoisotopic (exact) mass is 295 g/mol. The van der Waals surface area contributed by atoms with E-state index in [1.165, 1.54) is 6.07 Å². The summed E-state index contributed by atoms with van der Waals surface area (Å²) in [4.78, 5) is 0. The van der Waals surface area contributed by atoms with Crippen molar-refractivity contribution in [2.24, 2.45) is 0 Å². The predicted molar refractivity (Wildman–Crippen MR) is 82.0 cm³/mol. The molecule has 0 aliphatic carbocycles. The zero-order valence-corrected chi connectivity index (χ0v) is 13.2. The molecule has 3 nitrogen and oxygen atoms in total. The molecule has 1 heterocycles. The molecule has 1 aliphatic rings. The van der Waals surface area contributed by atoms with E-state index >= 15 is 0 Å². The molecular formula is C17H26FNO2. The Kier molecular flexibility index (Phi) is 5.73. The van der Waals surface area contributed by atoms with Gasteiger partial charge in [-0.1, -0.05) is 13.0 Å². The number of benzene rings is 1. The Hall–Kier alpha value is -0.970. The molecule has 0 saturated carbocycles. The van der Waals surface area contributed by atoms with Crippen LogP contribution in [0.25, 0.3) is 0 Å². The number of rotatable bonds is 6. The number of hydrogen-bond donors (Lipinski definition) is 1. The maximum atomic E-state index is 13.4. The van der Waals surface area contributed by atoms with Crippen molar-refractivity contribution in [2.75, 3.05) is 26.9 Å². The van der Waals surface area contributed by atoms with Crippen LogP contribution in [0.2, 0.25) is 0 Å². The summed E-state index contributed by atoms with van der Waals surface area (Å²) in [6, 6.07) is 5.07. The van der Waals surface area contributed by atoms with Crippen molar-refractivity contribution in [3.05, 3.63) is 35.1 Å². The van der Waals surface area contributed by atoms with Gasteiger partial charge in [-0.05, 0) is 43.1 Å². The Morgan fingerprint density at radius 1 is 1.38 bits per heavy atom. The highest BCUT2D eigenvalue weighted by Gasteiger charge is 2.41. The number of ether oxygens (including phenoxy) is 2. The summed E-state index contributed by atoms with van der Waals surface area (Å²) in [5, 5.41) is 3.60. The average Bonchev–Trinajstić information content (AvgIpc) is 2.50. The second-order valence-electron chi connectivity index (χ2n) is 5.77. The topological polar surface area (TPSA) is 30.5 Å². The first kappa shape index (κ1) is 16.4. The molecule has 0 radical (unpaired) electrons. The quantitative estimate of drug-likeness (QED) is 0.873. The van der Waals surface area contributed by atoms with Crippen LogP contribution < -0.4 is 5.32 Å². The minimum atomic E-state index is -0.282. The van der Waals surface area contributed by atoms with E-state index in [1.54, 1.807) is 13.2 Å². The van der Waals surface area contributed by atoms with Crippen LogP contribution in [0.4, 0.5) is 4.39 Å². The molecule has 1 aromatic carbocycles. The molecule has 0 spiro atoms. The summed E-state index contributed by atoms with van der Waals surface area (Å²) < 4.78 is 24.9. The second-order valence-corrected chi connectivity index (χ2v) is 5.77. The Balaban J connectivity index is 2.36. The SMILES string of the molecule is CCCNC(c1ccc(F)cc1C)C1(OC)CCOCC1. The van der Waals surface area contributed by atoms with E-state index in [0.717, 1.165) is 36.9 Å². The lowest BCUT2D eigenvalue weighted by molar-refractivity contribution is -0.111. The molecule has 4 heteroatoms. The first-order valence-electron chi connectivity index (χ1n) is 7.75. The Labute approximate surface area is 126 Å². The predicted octanol–water partition coefficient (Wildman–Crippen LogP) is 3.37. The molecule has 21 heavy (non-hydrogen) atoms. The van der Waals surface area contributed by atoms with Crippen LogP contribution in [-0.4, -0.2) is 32.5 Å². The van der Waals surface area contributed by atoms with Gasteiger partial charge in [-0.3, -0.25) is 0 Å². The van der Waals surface area contributed by atoms with E-state index < -0.39 is 0 Å². The summed E-state index contributed by atoms with van der Waals surface area (Å²) in [5.41, 5.74) is 1.80. The van der Waals surface area contributed by atoms with Crippen LogP contribution in [0.5, 0.6) is 0 Å². The smallest absolute Gasteiger partial charge is 0.123 e. The van der Waals surface area contributed by atoms with Crippen LogP contribution in [0.1, 0.15) is 43.4 Å². The number of methoxy groups -OCH3 is 1. The van der Waals surface area contributed by atoms with Gasteiger partial charge >= 0.3 is 0 Å². The van der Waals surface area contributed by atoms with E-state index in [2.05, 4.69) is 12.2 Å². The van der Waals surface area contributed by atoms with Crippen LogP contribution in [0.15, 0.2) is 18.2 Å². The zero-order chi connectivity index (χ0) is 15.3. The van der Waals surface area contributed by atoms with Crippen molar-refractivity contribution >= 4 is 0 Å². The van der Waals surface area contributed by atoms with Gasteiger partial charge in [0, 0.05) is 33.2 Å². The lowest BCUT2D eigenvalue weighted by Gasteiger charge is -2.43. The maximum absolute atomic E-state index is 13.4. The van der Waals surface area contributed by atoms with E-state index in [1.807, 2.05) is 13.0 Å². The Morgan fingerprint density at radius 2 is 2.10 bits per heavy atom. The lowest BCUT2D eigenvalue weighted by atomic mass is 9.80. The van der Waals surface area contributed by atoms with Gasteiger partial charge in [-0.25, -0.2) is 4.39 Å². The van der Waals surface area contributed by atoms with Crippen molar-refractivity contribution < 1.29 is 13.9 Å². The number of nitrogens with one attached hydrogen (secondary N) is 1. The normalized spacial score (nSPS) is 19.4. The molecule has 118 valence electrons. The maximum Gasteiger partial charge on any atom is 0.123 e. The van der Waals surface area contributed by atoms with Gasteiger partial charge in [-0.2, -0.15) is 0 Å². The third-order valence-corrected chi connectivity index (χ3v) is 4.41. The van der Waals surface area contributed by atoms with E-state index in [4.69, 9.17) is 9.47 Å². The standard InChI is InChI=1S/C17H26FNO2/c1-4-9-19-16(15-6-5-14(18)12-13(15)2)17(20-3)7-10-21-11-8-17/h5-6,12,16,19H,4,7-11H2,1-3H3. The molecular weight excluding hydrogens is 269 g/mol. The number of hydrogen-bond acceptors (Lipinski definition) is 3. The fraction of sp³-hybridized carbons (Fsp3) is 0.647. The van der Waals surface area contributed by atoms with Gasteiger partial charge in [0.05, 0.1) is 11.6 Å². The van der Waals surface area contributed by atoms with Gasteiger partial charge < -0.3 is 14.8 Å². The first-order chi connectivity index (χ1) is 10.1. The van der Waals surface area contributed by atoms with Gasteiger partial charge in [0.25, 0.3) is 0 Å². The van der Waals surface area contributed by atoms with Crippen molar-refractivity contribution in [3.8, 4) is 0 Å². The first-order valence-corrected chi connectivity index (χ1v) is 7.75. The molecule has 1 aliphatic heterocycles. The zero-order valence-electron chi connectivity index (χ0n) is 13.2. The summed E-state index contributed by atoms with van der Waals surface area (Å²) in [6.07, 6.45) is 2.75. The fourth-order valence-electron chi connectivity index (χ4n) is 3.16. The van der Waals surface area contributed by atoms with Gasteiger partial charge in [-0.15, -0.1) is 0 Å². The van der Waals surface area contributed by atoms with Gasteiger partial charge in [0.1, 0.15) is 5.82 Å². The van der Waals surface area contributed by atoms with Crippen LogP contribution in [-0.2, 0) is 9.47 Å². The second kappa shape index (κ2) is 7.34. The molecule has 1 saturated heterocycles. The highest BCUT2D eigenvalue weighted by Crippen LogP contribution is 2.38. The van der Waals surface area contributed by atoms with Gasteiger partial charge in [0.15, 0.2) is 0 Å². The van der Waals surface area contributed by atoms with Crippen LogP contribution in [0.3, 0.4) is 0 Å². The third kappa shape index (κ3) is 3.62. The Bertz CT molecular complexity index is 458. The Morgan fingerprint density at radius 3 is 2.67 bits per heavy atom.